The van der Waals surface area contributed by atoms with Gasteiger partial charge in [-0.15, -0.1) is 0 Å². The van der Waals surface area contributed by atoms with Gasteiger partial charge in [0.15, 0.2) is 0 Å². The maximum absolute atomic E-state index is 11.7. The Morgan fingerprint density at radius 3 is 2.61 bits per heavy atom. The summed E-state index contributed by atoms with van der Waals surface area (Å²) in [5.74, 6) is -1.92. The number of phenols is 2. The van der Waals surface area contributed by atoms with Crippen LogP contribution in [-0.4, -0.2) is 33.4 Å². The van der Waals surface area contributed by atoms with Crippen molar-refractivity contribution in [1.82, 2.24) is 5.43 Å². The van der Waals surface area contributed by atoms with E-state index in [4.69, 9.17) is 5.11 Å². The van der Waals surface area contributed by atoms with E-state index in [1.54, 1.807) is 12.1 Å². The molecule has 4 N–H and O–H groups in total. The molecule has 0 aliphatic rings. The van der Waals surface area contributed by atoms with E-state index in [0.717, 1.165) is 0 Å². The molecule has 1 amide bonds. The molecule has 2 rings (SSSR count). The van der Waals surface area contributed by atoms with Crippen LogP contribution in [0.15, 0.2) is 47.6 Å². The number of aromatic hydroxyl groups is 2. The lowest BCUT2D eigenvalue weighted by molar-refractivity contribution is -0.120. The van der Waals surface area contributed by atoms with Crippen LogP contribution >= 0.6 is 0 Å². The topological polar surface area (TPSA) is 119 Å². The molecular weight excluding hydrogens is 300 g/mol. The summed E-state index contributed by atoms with van der Waals surface area (Å²) in [6.07, 6.45) is 1.31. The summed E-state index contributed by atoms with van der Waals surface area (Å²) < 4.78 is 0. The molecule has 0 radical (unpaired) electrons. The van der Waals surface area contributed by atoms with E-state index in [2.05, 4.69) is 10.5 Å². The van der Waals surface area contributed by atoms with Gasteiger partial charge in [-0.05, 0) is 41.5 Å². The Labute approximate surface area is 131 Å². The van der Waals surface area contributed by atoms with Crippen molar-refractivity contribution in [1.29, 1.82) is 0 Å². The van der Waals surface area contributed by atoms with Crippen molar-refractivity contribution in [3.05, 3.63) is 59.2 Å². The first-order valence-corrected chi connectivity index (χ1v) is 6.62. The number of carboxylic acids is 1. The minimum Gasteiger partial charge on any atom is -0.508 e. The summed E-state index contributed by atoms with van der Waals surface area (Å²) in [5, 5.41) is 31.3. The molecular formula is C16H14N2O5. The van der Waals surface area contributed by atoms with Gasteiger partial charge < -0.3 is 15.3 Å². The van der Waals surface area contributed by atoms with Gasteiger partial charge in [0.1, 0.15) is 17.1 Å². The Bertz CT molecular complexity index is 771. The van der Waals surface area contributed by atoms with Crippen molar-refractivity contribution < 1.29 is 24.9 Å². The van der Waals surface area contributed by atoms with Crippen LogP contribution in [0.1, 0.15) is 21.5 Å². The van der Waals surface area contributed by atoms with Gasteiger partial charge in [-0.2, -0.15) is 5.10 Å². The van der Waals surface area contributed by atoms with Gasteiger partial charge in [0.05, 0.1) is 12.6 Å². The molecule has 0 atom stereocenters. The van der Waals surface area contributed by atoms with Crippen LogP contribution in [-0.2, 0) is 11.2 Å². The zero-order valence-electron chi connectivity index (χ0n) is 11.9. The fraction of sp³-hybridized carbons (Fsp3) is 0.0625. The lowest BCUT2D eigenvalue weighted by atomic mass is 10.1. The Morgan fingerprint density at radius 2 is 1.91 bits per heavy atom. The van der Waals surface area contributed by atoms with Gasteiger partial charge in [-0.25, -0.2) is 10.2 Å². The normalized spacial score (nSPS) is 10.6. The number of amides is 1. The molecule has 0 aliphatic heterocycles. The second-order valence-electron chi connectivity index (χ2n) is 4.72. The standard InChI is InChI=1S/C16H14N2O5/c19-12-3-1-2-10(6-12)8-15(21)18-17-9-11-4-5-14(20)13(7-11)16(22)23/h1-7,9,19-20H,8H2,(H,18,21)(H,22,23)/b17-9+. The van der Waals surface area contributed by atoms with Crippen molar-refractivity contribution in [3.8, 4) is 11.5 Å². The molecule has 2 aromatic carbocycles. The van der Waals surface area contributed by atoms with Crippen LogP contribution in [0.3, 0.4) is 0 Å². The molecule has 0 aromatic heterocycles. The van der Waals surface area contributed by atoms with E-state index in [1.165, 1.54) is 36.5 Å². The molecule has 2 aromatic rings. The number of hydrogen-bond acceptors (Lipinski definition) is 5. The number of hydrogen-bond donors (Lipinski definition) is 4. The summed E-state index contributed by atoms with van der Waals surface area (Å²) in [5.41, 5.74) is 3.10. The van der Waals surface area contributed by atoms with E-state index < -0.39 is 5.97 Å². The number of nitrogens with zero attached hydrogens (tertiary/aromatic N) is 1. The van der Waals surface area contributed by atoms with Crippen molar-refractivity contribution in [2.45, 2.75) is 6.42 Å². The Hall–Kier alpha value is -3.35. The molecule has 0 heterocycles. The van der Waals surface area contributed by atoms with E-state index >= 15 is 0 Å². The van der Waals surface area contributed by atoms with Crippen LogP contribution < -0.4 is 5.43 Å². The number of carboxylic acid groups (broad SMARTS) is 1. The maximum atomic E-state index is 11.7. The molecule has 23 heavy (non-hydrogen) atoms. The predicted octanol–water partition coefficient (Wildman–Crippen LogP) is 1.49. The molecule has 0 fully saturated rings. The zero-order valence-corrected chi connectivity index (χ0v) is 11.9. The van der Waals surface area contributed by atoms with E-state index in [9.17, 15) is 19.8 Å². The second-order valence-corrected chi connectivity index (χ2v) is 4.72. The highest BCUT2D eigenvalue weighted by Crippen LogP contribution is 2.17. The number of aromatic carboxylic acids is 1. The first kappa shape index (κ1) is 16.0. The minimum atomic E-state index is -1.26. The molecule has 0 bridgehead atoms. The third-order valence-electron chi connectivity index (χ3n) is 2.93. The predicted molar refractivity (Wildman–Crippen MR) is 82.6 cm³/mol. The average Bonchev–Trinajstić information content (AvgIpc) is 2.48. The molecule has 0 unspecified atom stereocenters. The third-order valence-corrected chi connectivity index (χ3v) is 2.93. The van der Waals surface area contributed by atoms with E-state index in [1.807, 2.05) is 0 Å². The third kappa shape index (κ3) is 4.57. The number of carbonyl (C=O) groups excluding carboxylic acids is 1. The molecule has 0 spiro atoms. The quantitative estimate of drug-likeness (QED) is 0.492. The lowest BCUT2D eigenvalue weighted by Crippen LogP contribution is -2.19. The Morgan fingerprint density at radius 1 is 1.13 bits per heavy atom. The first-order chi connectivity index (χ1) is 11.0. The van der Waals surface area contributed by atoms with Crippen LogP contribution in [0.5, 0.6) is 11.5 Å². The van der Waals surface area contributed by atoms with Gasteiger partial charge in [0, 0.05) is 0 Å². The number of benzene rings is 2. The highest BCUT2D eigenvalue weighted by Gasteiger charge is 2.09. The fourth-order valence-electron chi connectivity index (χ4n) is 1.88. The summed E-state index contributed by atoms with van der Waals surface area (Å²) in [6, 6.07) is 10.2. The fourth-order valence-corrected chi connectivity index (χ4v) is 1.88. The second kappa shape index (κ2) is 7.08. The van der Waals surface area contributed by atoms with Gasteiger partial charge in [0.25, 0.3) is 0 Å². The lowest BCUT2D eigenvalue weighted by Gasteiger charge is -2.02. The van der Waals surface area contributed by atoms with Gasteiger partial charge in [-0.1, -0.05) is 12.1 Å². The molecule has 0 saturated heterocycles. The van der Waals surface area contributed by atoms with Crippen LogP contribution in [0.25, 0.3) is 0 Å². The molecule has 7 nitrogen and oxygen atoms in total. The monoisotopic (exact) mass is 314 g/mol. The van der Waals surface area contributed by atoms with Crippen molar-refractivity contribution in [2.75, 3.05) is 0 Å². The van der Waals surface area contributed by atoms with Crippen molar-refractivity contribution in [2.24, 2.45) is 5.10 Å². The van der Waals surface area contributed by atoms with Crippen LogP contribution in [0.4, 0.5) is 0 Å². The molecule has 0 aliphatic carbocycles. The van der Waals surface area contributed by atoms with E-state index in [0.29, 0.717) is 11.1 Å². The summed E-state index contributed by atoms with van der Waals surface area (Å²) in [7, 11) is 0. The van der Waals surface area contributed by atoms with Crippen molar-refractivity contribution in [3.63, 3.8) is 0 Å². The number of phenolic OH excluding ortho intramolecular Hbond substituents is 1. The van der Waals surface area contributed by atoms with E-state index in [-0.39, 0.29) is 29.4 Å². The largest absolute Gasteiger partial charge is 0.508 e. The minimum absolute atomic E-state index is 0.0433. The van der Waals surface area contributed by atoms with Crippen molar-refractivity contribution >= 4 is 18.1 Å². The smallest absolute Gasteiger partial charge is 0.339 e. The number of nitrogens with one attached hydrogen (secondary N) is 1. The van der Waals surface area contributed by atoms with Crippen LogP contribution in [0, 0.1) is 0 Å². The number of carbonyl (C=O) groups is 2. The SMILES string of the molecule is O=C(Cc1cccc(O)c1)N/N=C/c1ccc(O)c(C(=O)O)c1. The van der Waals surface area contributed by atoms with Gasteiger partial charge in [0.2, 0.25) is 5.91 Å². The molecule has 118 valence electrons. The summed E-state index contributed by atoms with van der Waals surface area (Å²) in [4.78, 5) is 22.6. The number of rotatable bonds is 5. The molecule has 0 saturated carbocycles. The average molecular weight is 314 g/mol. The van der Waals surface area contributed by atoms with Gasteiger partial charge >= 0.3 is 5.97 Å². The maximum Gasteiger partial charge on any atom is 0.339 e. The zero-order chi connectivity index (χ0) is 16.8. The summed E-state index contributed by atoms with van der Waals surface area (Å²) in [6.45, 7) is 0. The highest BCUT2D eigenvalue weighted by molar-refractivity contribution is 5.93. The van der Waals surface area contributed by atoms with Crippen LogP contribution in [0.2, 0.25) is 0 Å². The first-order valence-electron chi connectivity index (χ1n) is 6.62. The molecule has 7 heteroatoms. The van der Waals surface area contributed by atoms with Gasteiger partial charge in [-0.3, -0.25) is 4.79 Å². The number of hydrazone groups is 1. The highest BCUT2D eigenvalue weighted by atomic mass is 16.4. The Kier molecular flexibility index (Phi) is 4.93. The Balaban J connectivity index is 1.97. The summed E-state index contributed by atoms with van der Waals surface area (Å²) >= 11 is 0.